The van der Waals surface area contributed by atoms with Gasteiger partial charge >= 0.3 is 0 Å². The van der Waals surface area contributed by atoms with E-state index in [1.165, 1.54) is 11.1 Å². The molecule has 2 N–H and O–H groups in total. The van der Waals surface area contributed by atoms with Crippen molar-refractivity contribution in [2.24, 2.45) is 0 Å². The second-order valence-electron chi connectivity index (χ2n) is 6.81. The van der Waals surface area contributed by atoms with Crippen LogP contribution in [0.1, 0.15) is 30.7 Å². The van der Waals surface area contributed by atoms with Gasteiger partial charge in [0.2, 0.25) is 5.95 Å². The molecule has 27 heavy (non-hydrogen) atoms. The Labute approximate surface area is 160 Å². The van der Waals surface area contributed by atoms with E-state index in [0.29, 0.717) is 12.5 Å². The molecule has 0 aliphatic heterocycles. The van der Waals surface area contributed by atoms with Gasteiger partial charge < -0.3 is 15.4 Å². The van der Waals surface area contributed by atoms with Crippen LogP contribution in [0.3, 0.4) is 0 Å². The Kier molecular flexibility index (Phi) is 5.91. The van der Waals surface area contributed by atoms with Crippen LogP contribution < -0.4 is 15.4 Å². The van der Waals surface area contributed by atoms with E-state index in [9.17, 15) is 0 Å². The van der Waals surface area contributed by atoms with E-state index in [-0.39, 0.29) is 6.10 Å². The van der Waals surface area contributed by atoms with Gasteiger partial charge in [-0.05, 0) is 63.1 Å². The Bertz CT molecular complexity index is 891. The molecule has 0 fully saturated rings. The summed E-state index contributed by atoms with van der Waals surface area (Å²) >= 11 is 0. The minimum atomic E-state index is 0.162. The van der Waals surface area contributed by atoms with Gasteiger partial charge in [0.05, 0.1) is 6.10 Å². The summed E-state index contributed by atoms with van der Waals surface area (Å²) in [4.78, 5) is 9.06. The number of hydrogen-bond donors (Lipinski definition) is 2. The molecule has 3 rings (SSSR count). The van der Waals surface area contributed by atoms with E-state index in [0.717, 1.165) is 22.9 Å². The van der Waals surface area contributed by atoms with Gasteiger partial charge in [0.25, 0.3) is 0 Å². The Morgan fingerprint density at radius 2 is 1.70 bits per heavy atom. The van der Waals surface area contributed by atoms with Crippen molar-refractivity contribution in [1.82, 2.24) is 9.97 Å². The van der Waals surface area contributed by atoms with Crippen molar-refractivity contribution in [3.8, 4) is 5.75 Å². The molecule has 1 aromatic heterocycles. The fourth-order valence-corrected chi connectivity index (χ4v) is 2.73. The van der Waals surface area contributed by atoms with Crippen LogP contribution in [-0.2, 0) is 6.54 Å². The lowest BCUT2D eigenvalue weighted by Crippen LogP contribution is -2.07. The lowest BCUT2D eigenvalue weighted by Gasteiger charge is -2.12. The van der Waals surface area contributed by atoms with Gasteiger partial charge in [-0.2, -0.15) is 4.98 Å². The lowest BCUT2D eigenvalue weighted by atomic mass is 10.1. The number of aryl methyl sites for hydroxylation is 2. The van der Waals surface area contributed by atoms with Crippen molar-refractivity contribution >= 4 is 17.5 Å². The summed E-state index contributed by atoms with van der Waals surface area (Å²) in [5, 5.41) is 6.65. The van der Waals surface area contributed by atoms with Gasteiger partial charge in [-0.25, -0.2) is 4.98 Å². The summed E-state index contributed by atoms with van der Waals surface area (Å²) in [7, 11) is 0. The smallest absolute Gasteiger partial charge is 0.225 e. The third-order valence-electron chi connectivity index (χ3n) is 4.05. The number of anilines is 3. The summed E-state index contributed by atoms with van der Waals surface area (Å²) in [6, 6.07) is 18.1. The van der Waals surface area contributed by atoms with Gasteiger partial charge in [0.1, 0.15) is 11.6 Å². The fourth-order valence-electron chi connectivity index (χ4n) is 2.73. The van der Waals surface area contributed by atoms with Crippen LogP contribution >= 0.6 is 0 Å². The van der Waals surface area contributed by atoms with E-state index in [1.54, 1.807) is 0 Å². The number of nitrogens with zero attached hydrogens (tertiary/aromatic N) is 2. The zero-order chi connectivity index (χ0) is 19.2. The molecule has 2 aromatic carbocycles. The SMILES string of the molecule is Cc1cc(Nc2ccc(OC(C)C)cc2)nc(NCc2ccccc2C)n1. The first-order valence-electron chi connectivity index (χ1n) is 9.17. The molecular weight excluding hydrogens is 336 g/mol. The predicted molar refractivity (Wildman–Crippen MR) is 111 cm³/mol. The van der Waals surface area contributed by atoms with Crippen molar-refractivity contribution in [2.75, 3.05) is 10.6 Å². The maximum atomic E-state index is 5.68. The molecule has 0 amide bonds. The highest BCUT2D eigenvalue weighted by Crippen LogP contribution is 2.21. The third-order valence-corrected chi connectivity index (χ3v) is 4.05. The molecular formula is C22H26N4O. The molecule has 1 heterocycles. The Morgan fingerprint density at radius 1 is 0.963 bits per heavy atom. The van der Waals surface area contributed by atoms with E-state index < -0.39 is 0 Å². The number of aromatic nitrogens is 2. The van der Waals surface area contributed by atoms with Crippen LogP contribution in [0.15, 0.2) is 54.6 Å². The highest BCUT2D eigenvalue weighted by Gasteiger charge is 2.05. The standard InChI is InChI=1S/C22H26N4O/c1-15(2)27-20-11-9-19(10-12-20)25-21-13-17(4)24-22(26-21)23-14-18-8-6-5-7-16(18)3/h5-13,15H,14H2,1-4H3,(H2,23,24,25,26). The van der Waals surface area contributed by atoms with Crippen molar-refractivity contribution in [3.63, 3.8) is 0 Å². The first kappa shape index (κ1) is 18.7. The summed E-state index contributed by atoms with van der Waals surface area (Å²) in [6.07, 6.45) is 0.162. The zero-order valence-electron chi connectivity index (χ0n) is 16.3. The van der Waals surface area contributed by atoms with Crippen molar-refractivity contribution in [2.45, 2.75) is 40.3 Å². The Hall–Kier alpha value is -3.08. The largest absolute Gasteiger partial charge is 0.491 e. The minimum absolute atomic E-state index is 0.162. The molecule has 0 unspecified atom stereocenters. The van der Waals surface area contributed by atoms with E-state index in [2.05, 4.69) is 39.7 Å². The number of ether oxygens (including phenoxy) is 1. The van der Waals surface area contributed by atoms with Crippen LogP contribution in [0.25, 0.3) is 0 Å². The summed E-state index contributed by atoms with van der Waals surface area (Å²) < 4.78 is 5.68. The topological polar surface area (TPSA) is 59.1 Å². The van der Waals surface area contributed by atoms with Crippen LogP contribution in [-0.4, -0.2) is 16.1 Å². The summed E-state index contributed by atoms with van der Waals surface area (Å²) in [5.74, 6) is 2.22. The number of benzene rings is 2. The average Bonchev–Trinajstić information content (AvgIpc) is 2.62. The van der Waals surface area contributed by atoms with Crippen molar-refractivity contribution < 1.29 is 4.74 Å². The van der Waals surface area contributed by atoms with Crippen LogP contribution in [0.5, 0.6) is 5.75 Å². The average molecular weight is 362 g/mol. The molecule has 0 aliphatic carbocycles. The molecule has 3 aromatic rings. The molecule has 0 spiro atoms. The molecule has 0 saturated heterocycles. The highest BCUT2D eigenvalue weighted by molar-refractivity contribution is 5.58. The molecule has 5 heteroatoms. The molecule has 5 nitrogen and oxygen atoms in total. The van der Waals surface area contributed by atoms with Gasteiger partial charge in [0.15, 0.2) is 0 Å². The zero-order valence-corrected chi connectivity index (χ0v) is 16.3. The van der Waals surface area contributed by atoms with Crippen LogP contribution in [0.4, 0.5) is 17.5 Å². The maximum absolute atomic E-state index is 5.68. The molecule has 0 saturated carbocycles. The predicted octanol–water partition coefficient (Wildman–Crippen LogP) is 5.24. The van der Waals surface area contributed by atoms with Crippen LogP contribution in [0.2, 0.25) is 0 Å². The Morgan fingerprint density at radius 3 is 2.41 bits per heavy atom. The maximum Gasteiger partial charge on any atom is 0.225 e. The van der Waals surface area contributed by atoms with Gasteiger partial charge in [-0.15, -0.1) is 0 Å². The molecule has 0 atom stereocenters. The van der Waals surface area contributed by atoms with Gasteiger partial charge in [-0.1, -0.05) is 24.3 Å². The highest BCUT2D eigenvalue weighted by atomic mass is 16.5. The van der Waals surface area contributed by atoms with Crippen molar-refractivity contribution in [3.05, 3.63) is 71.4 Å². The number of nitrogens with one attached hydrogen (secondary N) is 2. The van der Waals surface area contributed by atoms with E-state index in [4.69, 9.17) is 4.74 Å². The van der Waals surface area contributed by atoms with Gasteiger partial charge in [0, 0.05) is 24.0 Å². The normalized spacial score (nSPS) is 10.7. The van der Waals surface area contributed by atoms with E-state index in [1.807, 2.05) is 63.2 Å². The number of hydrogen-bond acceptors (Lipinski definition) is 5. The number of rotatable bonds is 7. The first-order chi connectivity index (χ1) is 13.0. The second-order valence-corrected chi connectivity index (χ2v) is 6.81. The molecule has 0 bridgehead atoms. The van der Waals surface area contributed by atoms with Crippen molar-refractivity contribution in [1.29, 1.82) is 0 Å². The first-order valence-corrected chi connectivity index (χ1v) is 9.17. The monoisotopic (exact) mass is 362 g/mol. The van der Waals surface area contributed by atoms with Crippen LogP contribution in [0, 0.1) is 13.8 Å². The molecule has 0 aliphatic rings. The van der Waals surface area contributed by atoms with Gasteiger partial charge in [-0.3, -0.25) is 0 Å². The summed E-state index contributed by atoms with van der Waals surface area (Å²) in [6.45, 7) is 8.79. The minimum Gasteiger partial charge on any atom is -0.491 e. The summed E-state index contributed by atoms with van der Waals surface area (Å²) in [5.41, 5.74) is 4.34. The lowest BCUT2D eigenvalue weighted by molar-refractivity contribution is 0.242. The molecule has 140 valence electrons. The third kappa shape index (κ3) is 5.45. The van der Waals surface area contributed by atoms with E-state index >= 15 is 0 Å². The molecule has 0 radical (unpaired) electrons. The fraction of sp³-hybridized carbons (Fsp3) is 0.273. The quantitative estimate of drug-likeness (QED) is 0.602. The Balaban J connectivity index is 1.68. The second kappa shape index (κ2) is 8.54.